The molecule has 118 valence electrons. The fourth-order valence-electron chi connectivity index (χ4n) is 2.43. The van der Waals surface area contributed by atoms with Crippen molar-refractivity contribution in [1.29, 1.82) is 0 Å². The van der Waals surface area contributed by atoms with Crippen molar-refractivity contribution in [3.63, 3.8) is 0 Å². The van der Waals surface area contributed by atoms with E-state index in [1.807, 2.05) is 0 Å². The molecule has 4 nitrogen and oxygen atoms in total. The van der Waals surface area contributed by atoms with Crippen LogP contribution >= 0.6 is 0 Å². The van der Waals surface area contributed by atoms with Gasteiger partial charge < -0.3 is 27.5 Å². The summed E-state index contributed by atoms with van der Waals surface area (Å²) in [5.74, 6) is 0. The van der Waals surface area contributed by atoms with E-state index in [-0.39, 0.29) is 76.6 Å². The third kappa shape index (κ3) is 7.70. The van der Waals surface area contributed by atoms with E-state index in [0.717, 1.165) is 0 Å². The van der Waals surface area contributed by atoms with E-state index in [2.05, 4.69) is 0 Å². The van der Waals surface area contributed by atoms with Gasteiger partial charge in [0.2, 0.25) is 0 Å². The topological polar surface area (TPSA) is 32.8 Å². The number of carbonyl (C=O) groups is 1. The third-order valence-electron chi connectivity index (χ3n) is 3.17. The molecule has 0 aromatic rings. The van der Waals surface area contributed by atoms with Crippen LogP contribution in [0, 0.1) is 0 Å². The molecule has 1 saturated heterocycles. The maximum atomic E-state index is 12.6. The third-order valence-corrected chi connectivity index (χ3v) is 3.17. The van der Waals surface area contributed by atoms with Crippen LogP contribution < -0.4 is 51.4 Å². The van der Waals surface area contributed by atoms with Crippen LogP contribution in [-0.4, -0.2) is 60.1 Å². The fourth-order valence-corrected chi connectivity index (χ4v) is 2.43. The van der Waals surface area contributed by atoms with Crippen LogP contribution in [0.2, 0.25) is 0 Å². The van der Waals surface area contributed by atoms with E-state index in [0.29, 0.717) is 0 Å². The summed E-state index contributed by atoms with van der Waals surface area (Å²) in [6, 6.07) is -0.676. The number of halogens is 3. The Balaban J connectivity index is 0.00000400. The SMILES string of the molecule is C[C@@H]1CN(C(=O)OC(C)(C)C)C[C@H](C)N1C[B-](F)(F)F.[K+]. The van der Waals surface area contributed by atoms with E-state index < -0.39 is 25.1 Å². The fraction of sp³-hybridized carbons (Fsp3) is 0.917. The molecule has 0 spiro atoms. The Morgan fingerprint density at radius 2 is 1.62 bits per heavy atom. The quantitative estimate of drug-likeness (QED) is 0.651. The van der Waals surface area contributed by atoms with Gasteiger partial charge in [0.15, 0.2) is 0 Å². The molecule has 1 amide bonds. The average Bonchev–Trinajstić information content (AvgIpc) is 2.19. The van der Waals surface area contributed by atoms with Gasteiger partial charge in [-0.3, -0.25) is 0 Å². The van der Waals surface area contributed by atoms with Crippen molar-refractivity contribution in [3.8, 4) is 0 Å². The molecule has 1 rings (SSSR count). The van der Waals surface area contributed by atoms with E-state index in [4.69, 9.17) is 4.74 Å². The van der Waals surface area contributed by atoms with Crippen LogP contribution in [0.3, 0.4) is 0 Å². The second-order valence-corrected chi connectivity index (χ2v) is 6.49. The molecule has 0 aliphatic carbocycles. The summed E-state index contributed by atoms with van der Waals surface area (Å²) in [6.45, 7) is 4.35. The maximum absolute atomic E-state index is 12.6. The number of piperazine rings is 1. The van der Waals surface area contributed by atoms with Crippen LogP contribution in [0.1, 0.15) is 34.6 Å². The average molecular weight is 334 g/mol. The monoisotopic (exact) mass is 334 g/mol. The van der Waals surface area contributed by atoms with Crippen molar-refractivity contribution in [2.45, 2.75) is 52.3 Å². The van der Waals surface area contributed by atoms with E-state index in [1.54, 1.807) is 34.6 Å². The first-order chi connectivity index (χ1) is 8.89. The Bertz CT molecular complexity index is 351. The van der Waals surface area contributed by atoms with Crippen molar-refractivity contribution >= 4 is 13.1 Å². The summed E-state index contributed by atoms with van der Waals surface area (Å²) in [4.78, 5) is 14.9. The number of ether oxygens (including phenoxy) is 1. The molecule has 0 aromatic carbocycles. The zero-order valence-corrected chi connectivity index (χ0v) is 16.8. The number of hydrogen-bond acceptors (Lipinski definition) is 3. The molecule has 0 N–H and O–H groups in total. The van der Waals surface area contributed by atoms with Crippen molar-refractivity contribution in [2.24, 2.45) is 0 Å². The molecular formula is C12H23BF3KN2O2. The van der Waals surface area contributed by atoms with Gasteiger partial charge in [-0.1, -0.05) is 0 Å². The smallest absolute Gasteiger partial charge is 0.448 e. The number of nitrogens with zero attached hydrogens (tertiary/aromatic N) is 2. The molecule has 0 aromatic heterocycles. The Morgan fingerprint density at radius 1 is 1.19 bits per heavy atom. The second-order valence-electron chi connectivity index (χ2n) is 6.49. The van der Waals surface area contributed by atoms with Gasteiger partial charge in [-0.25, -0.2) is 4.79 Å². The molecular weight excluding hydrogens is 311 g/mol. The largest absolute Gasteiger partial charge is 1.00 e. The number of amides is 1. The molecule has 1 heterocycles. The number of carbonyl (C=O) groups excluding carboxylic acids is 1. The van der Waals surface area contributed by atoms with Crippen molar-refractivity contribution in [3.05, 3.63) is 0 Å². The summed E-state index contributed by atoms with van der Waals surface area (Å²) >= 11 is 0. The van der Waals surface area contributed by atoms with Gasteiger partial charge in [0.25, 0.3) is 0 Å². The molecule has 1 aliphatic heterocycles. The molecule has 9 heteroatoms. The molecule has 2 atom stereocenters. The summed E-state index contributed by atoms with van der Waals surface area (Å²) in [5, 5.41) is 0. The van der Waals surface area contributed by atoms with Gasteiger partial charge in [0, 0.05) is 25.2 Å². The maximum Gasteiger partial charge on any atom is 1.00 e. The normalized spacial score (nSPS) is 24.5. The minimum absolute atomic E-state index is 0. The van der Waals surface area contributed by atoms with E-state index in [1.165, 1.54) is 9.80 Å². The second kappa shape index (κ2) is 8.01. The standard InChI is InChI=1S/C12H23BF3N2O2.K/c1-9-6-17(11(19)20-12(3,4)5)7-10(2)18(9)8-13(14,15)16;/h9-10H,6-8H2,1-5H3;/q-1;+1/t9-,10+;. The summed E-state index contributed by atoms with van der Waals surface area (Å²) < 4.78 is 43.0. The Labute approximate surface area is 167 Å². The van der Waals surface area contributed by atoms with Crippen molar-refractivity contribution < 1.29 is 73.9 Å². The zero-order chi connectivity index (χ0) is 15.7. The van der Waals surface area contributed by atoms with Crippen LogP contribution in [0.25, 0.3) is 0 Å². The molecule has 0 bridgehead atoms. The summed E-state index contributed by atoms with van der Waals surface area (Å²) in [6.07, 6.45) is -1.35. The van der Waals surface area contributed by atoms with Gasteiger partial charge in [-0.2, -0.15) is 0 Å². The Morgan fingerprint density at radius 3 is 1.95 bits per heavy atom. The molecule has 1 fully saturated rings. The van der Waals surface area contributed by atoms with E-state index >= 15 is 0 Å². The molecule has 0 radical (unpaired) electrons. The molecule has 0 unspecified atom stereocenters. The number of rotatable bonds is 2. The molecule has 0 saturated carbocycles. The predicted molar refractivity (Wildman–Crippen MR) is 72.5 cm³/mol. The minimum Gasteiger partial charge on any atom is -0.448 e. The van der Waals surface area contributed by atoms with Crippen molar-refractivity contribution in [1.82, 2.24) is 9.80 Å². The van der Waals surface area contributed by atoms with Gasteiger partial charge in [-0.15, -0.1) is 0 Å². The van der Waals surface area contributed by atoms with Crippen LogP contribution in [0.4, 0.5) is 17.7 Å². The summed E-state index contributed by atoms with van der Waals surface area (Å²) in [5.41, 5.74) is -0.601. The van der Waals surface area contributed by atoms with Crippen LogP contribution in [0.15, 0.2) is 0 Å². The predicted octanol–water partition coefficient (Wildman–Crippen LogP) is -0.293. The minimum atomic E-state index is -4.86. The Hall–Kier alpha value is 0.721. The zero-order valence-electron chi connectivity index (χ0n) is 13.7. The first kappa shape index (κ1) is 21.7. The summed E-state index contributed by atoms with van der Waals surface area (Å²) in [7, 11) is 0. The van der Waals surface area contributed by atoms with Crippen molar-refractivity contribution in [2.75, 3.05) is 19.5 Å². The van der Waals surface area contributed by atoms with Gasteiger partial charge in [0.1, 0.15) is 5.60 Å². The molecule has 1 aliphatic rings. The van der Waals surface area contributed by atoms with Gasteiger partial charge in [-0.05, 0) is 41.1 Å². The Kier molecular flexibility index (Phi) is 8.28. The van der Waals surface area contributed by atoms with Gasteiger partial charge >= 0.3 is 64.5 Å². The van der Waals surface area contributed by atoms with E-state index in [9.17, 15) is 17.7 Å². The van der Waals surface area contributed by atoms with Crippen LogP contribution in [-0.2, 0) is 4.74 Å². The van der Waals surface area contributed by atoms with Gasteiger partial charge in [0.05, 0.1) is 0 Å². The van der Waals surface area contributed by atoms with Crippen LogP contribution in [0.5, 0.6) is 0 Å². The first-order valence-electron chi connectivity index (χ1n) is 6.84. The first-order valence-corrected chi connectivity index (χ1v) is 6.84. The number of hydrogen-bond donors (Lipinski definition) is 0. The molecule has 21 heavy (non-hydrogen) atoms.